The van der Waals surface area contributed by atoms with Crippen LogP contribution < -0.4 is 19.2 Å². The second-order valence-corrected chi connectivity index (χ2v) is 15.1. The molecule has 8 rings (SSSR count). The number of hydrogen-bond donors (Lipinski definition) is 1. The SMILES string of the molecule is CCOc1cc([C@H]2c3sc(=O)[nH]c3SC3C4CC(C5C(=O)N(c6ccccc6C(F)(F)F)C(=O)C45)C32)ccc1OCC(=O)N1CCOCC1. The molecule has 2 saturated heterocycles. The Morgan fingerprint density at radius 3 is 2.47 bits per heavy atom. The van der Waals surface area contributed by atoms with Gasteiger partial charge in [-0.2, -0.15) is 13.2 Å². The van der Waals surface area contributed by atoms with Gasteiger partial charge in [0.05, 0.1) is 47.9 Å². The van der Waals surface area contributed by atoms with E-state index in [-0.39, 0.29) is 46.3 Å². The van der Waals surface area contributed by atoms with Crippen molar-refractivity contribution in [1.29, 1.82) is 0 Å². The molecule has 7 atom stereocenters. The van der Waals surface area contributed by atoms with Gasteiger partial charge in [-0.1, -0.05) is 29.5 Å². The molecule has 258 valence electrons. The standard InChI is InChI=1S/C34H32F3N3O7S2/c1-2-46-22-13-16(7-8-21(22)47-15-23(41)39-9-11-45-12-10-39)24-25-17-14-18(28(25)48-30-29(24)49-33(44)38-30)27-26(17)31(42)40(32(27)43)20-6-4-3-5-19(20)34(35,36)37/h3-8,13,17-18,24-28H,2,9-12,14-15H2,1H3,(H,38,44)/t17?,18?,24-,25?,26?,27?,28?/m1/s1. The molecule has 0 radical (unpaired) electrons. The molecule has 3 aromatic rings. The van der Waals surface area contributed by atoms with Gasteiger partial charge in [-0.05, 0) is 60.9 Å². The van der Waals surface area contributed by atoms with Gasteiger partial charge in [0.2, 0.25) is 11.8 Å². The number of rotatable bonds is 7. The number of para-hydroxylation sites is 1. The number of nitrogens with one attached hydrogen (secondary N) is 1. The Balaban J connectivity index is 1.13. The van der Waals surface area contributed by atoms with Crippen LogP contribution in [0.25, 0.3) is 0 Å². The van der Waals surface area contributed by atoms with Gasteiger partial charge in [0.1, 0.15) is 0 Å². The molecule has 15 heteroatoms. The molecule has 2 saturated carbocycles. The average molecular weight is 716 g/mol. The fourth-order valence-electron chi connectivity index (χ4n) is 8.68. The first kappa shape index (κ1) is 32.4. The lowest BCUT2D eigenvalue weighted by molar-refractivity contribution is -0.138. The summed E-state index contributed by atoms with van der Waals surface area (Å²) in [5, 5.41) is 0.553. The number of alkyl halides is 3. The van der Waals surface area contributed by atoms with E-state index >= 15 is 0 Å². The average Bonchev–Trinajstić information content (AvgIpc) is 3.82. The third-order valence-electron chi connectivity index (χ3n) is 10.5. The molecule has 3 aliphatic heterocycles. The number of imide groups is 1. The molecule has 5 aliphatic rings. The van der Waals surface area contributed by atoms with Crippen molar-refractivity contribution in [1.82, 2.24) is 9.88 Å². The van der Waals surface area contributed by atoms with Crippen LogP contribution >= 0.6 is 23.1 Å². The number of carbonyl (C=O) groups is 3. The van der Waals surface area contributed by atoms with E-state index in [0.29, 0.717) is 55.9 Å². The number of amides is 3. The van der Waals surface area contributed by atoms with Gasteiger partial charge in [0.15, 0.2) is 18.1 Å². The lowest BCUT2D eigenvalue weighted by atomic mass is 9.68. The minimum absolute atomic E-state index is 0.152. The van der Waals surface area contributed by atoms with Crippen LogP contribution in [0.5, 0.6) is 11.5 Å². The highest BCUT2D eigenvalue weighted by molar-refractivity contribution is 8.00. The lowest BCUT2D eigenvalue weighted by Crippen LogP contribution is -2.43. The smallest absolute Gasteiger partial charge is 0.418 e. The number of halogens is 3. The fraction of sp³-hybridized carbons (Fsp3) is 0.471. The lowest BCUT2D eigenvalue weighted by Gasteiger charge is -2.43. The van der Waals surface area contributed by atoms with Crippen molar-refractivity contribution in [2.45, 2.75) is 35.7 Å². The number of fused-ring (bicyclic) bond motifs is 9. The van der Waals surface area contributed by atoms with Gasteiger partial charge in [-0.15, -0.1) is 11.8 Å². The summed E-state index contributed by atoms with van der Waals surface area (Å²) in [5.41, 5.74) is -0.633. The Morgan fingerprint density at radius 1 is 1.00 bits per heavy atom. The molecule has 3 amide bonds. The number of aromatic nitrogens is 1. The molecule has 49 heavy (non-hydrogen) atoms. The Kier molecular flexibility index (Phi) is 8.06. The summed E-state index contributed by atoms with van der Waals surface area (Å²) in [7, 11) is 0. The van der Waals surface area contributed by atoms with Crippen LogP contribution in [-0.4, -0.2) is 72.4 Å². The van der Waals surface area contributed by atoms with Crippen molar-refractivity contribution in [3.05, 3.63) is 68.1 Å². The maximum absolute atomic E-state index is 14.1. The van der Waals surface area contributed by atoms with Gasteiger partial charge < -0.3 is 24.1 Å². The summed E-state index contributed by atoms with van der Waals surface area (Å²) in [5.74, 6) is -3.11. The Morgan fingerprint density at radius 2 is 1.73 bits per heavy atom. The number of benzene rings is 2. The van der Waals surface area contributed by atoms with Crippen LogP contribution in [0.4, 0.5) is 18.9 Å². The molecule has 6 unspecified atom stereocenters. The number of hydrogen-bond acceptors (Lipinski definition) is 9. The topological polar surface area (TPSA) is 118 Å². The molecule has 1 aromatic heterocycles. The second kappa shape index (κ2) is 12.2. The van der Waals surface area contributed by atoms with Gasteiger partial charge in [0.25, 0.3) is 5.91 Å². The highest BCUT2D eigenvalue weighted by Gasteiger charge is 2.70. The first-order valence-electron chi connectivity index (χ1n) is 16.3. The van der Waals surface area contributed by atoms with Crippen LogP contribution in [0.2, 0.25) is 0 Å². The number of carbonyl (C=O) groups excluding carboxylic acids is 3. The normalized spacial score (nSPS) is 28.8. The van der Waals surface area contributed by atoms with Crippen molar-refractivity contribution in [2.75, 3.05) is 44.4 Å². The van der Waals surface area contributed by atoms with E-state index in [4.69, 9.17) is 14.2 Å². The Labute approximate surface area is 286 Å². The van der Waals surface area contributed by atoms with Crippen LogP contribution in [0, 0.1) is 29.6 Å². The van der Waals surface area contributed by atoms with Crippen molar-refractivity contribution >= 4 is 46.5 Å². The monoisotopic (exact) mass is 715 g/mol. The number of nitrogens with zero attached hydrogens (tertiary/aromatic N) is 2. The molecule has 10 nitrogen and oxygen atoms in total. The van der Waals surface area contributed by atoms with E-state index in [2.05, 4.69) is 4.98 Å². The predicted octanol–water partition coefficient (Wildman–Crippen LogP) is 4.77. The van der Waals surface area contributed by atoms with E-state index in [1.807, 2.05) is 19.1 Å². The van der Waals surface area contributed by atoms with E-state index < -0.39 is 41.1 Å². The number of aromatic amines is 1. The third kappa shape index (κ3) is 5.27. The second-order valence-electron chi connectivity index (χ2n) is 12.9. The van der Waals surface area contributed by atoms with E-state index in [1.54, 1.807) is 11.0 Å². The first-order chi connectivity index (χ1) is 23.6. The van der Waals surface area contributed by atoms with Crippen LogP contribution in [0.3, 0.4) is 0 Å². The van der Waals surface area contributed by atoms with Crippen molar-refractivity contribution in [3.63, 3.8) is 0 Å². The molecular weight excluding hydrogens is 684 g/mol. The van der Waals surface area contributed by atoms with Crippen LogP contribution in [-0.2, 0) is 25.3 Å². The first-order valence-corrected chi connectivity index (χ1v) is 17.9. The number of H-pyrrole nitrogens is 1. The zero-order valence-electron chi connectivity index (χ0n) is 26.2. The number of thioether (sulfide) groups is 1. The molecule has 0 spiro atoms. The quantitative estimate of drug-likeness (QED) is 0.348. The van der Waals surface area contributed by atoms with Gasteiger partial charge in [0, 0.05) is 29.1 Å². The van der Waals surface area contributed by atoms with Gasteiger partial charge in [-0.3, -0.25) is 19.2 Å². The fourth-order valence-corrected chi connectivity index (χ4v) is 11.6. The molecule has 2 aliphatic carbocycles. The van der Waals surface area contributed by atoms with E-state index in [1.165, 1.54) is 30.0 Å². The summed E-state index contributed by atoms with van der Waals surface area (Å²) in [6.07, 6.45) is -4.16. The predicted molar refractivity (Wildman–Crippen MR) is 173 cm³/mol. The van der Waals surface area contributed by atoms with Crippen LogP contribution in [0.15, 0.2) is 52.3 Å². The number of morpholine rings is 1. The largest absolute Gasteiger partial charge is 0.490 e. The minimum Gasteiger partial charge on any atom is -0.490 e. The number of anilines is 1. The molecule has 2 bridgehead atoms. The molecule has 4 heterocycles. The summed E-state index contributed by atoms with van der Waals surface area (Å²) in [6.45, 7) is 3.92. The van der Waals surface area contributed by atoms with E-state index in [9.17, 15) is 32.3 Å². The minimum atomic E-state index is -4.74. The summed E-state index contributed by atoms with van der Waals surface area (Å²) in [4.78, 5) is 59.5. The maximum atomic E-state index is 14.1. The number of ether oxygens (including phenoxy) is 3. The summed E-state index contributed by atoms with van der Waals surface area (Å²) >= 11 is 2.59. The van der Waals surface area contributed by atoms with E-state index in [0.717, 1.165) is 32.7 Å². The summed E-state index contributed by atoms with van der Waals surface area (Å²) < 4.78 is 59.3. The van der Waals surface area contributed by atoms with Crippen molar-refractivity contribution in [2.24, 2.45) is 29.6 Å². The number of thiazole rings is 1. The third-order valence-corrected chi connectivity index (χ3v) is 13.1. The van der Waals surface area contributed by atoms with Gasteiger partial charge in [-0.25, -0.2) is 4.90 Å². The van der Waals surface area contributed by atoms with Gasteiger partial charge >= 0.3 is 11.0 Å². The Hall–Kier alpha value is -3.82. The molecular formula is C34H32F3N3O7S2. The zero-order chi connectivity index (χ0) is 34.2. The Bertz CT molecular complexity index is 1890. The summed E-state index contributed by atoms with van der Waals surface area (Å²) in [6, 6.07) is 10.2. The molecule has 2 aromatic carbocycles. The zero-order valence-corrected chi connectivity index (χ0v) is 27.9. The van der Waals surface area contributed by atoms with Crippen molar-refractivity contribution in [3.8, 4) is 11.5 Å². The molecule has 1 N–H and O–H groups in total. The van der Waals surface area contributed by atoms with Crippen LogP contribution in [0.1, 0.15) is 35.3 Å². The molecule has 4 fully saturated rings. The highest BCUT2D eigenvalue weighted by atomic mass is 32.2. The highest BCUT2D eigenvalue weighted by Crippen LogP contribution is 2.69. The van der Waals surface area contributed by atoms with Crippen molar-refractivity contribution < 1.29 is 41.8 Å². The maximum Gasteiger partial charge on any atom is 0.418 e.